The minimum atomic E-state index is -1.10. The van der Waals surface area contributed by atoms with Crippen molar-refractivity contribution in [3.63, 3.8) is 0 Å². The lowest BCUT2D eigenvalue weighted by Crippen LogP contribution is -2.30. The van der Waals surface area contributed by atoms with Crippen molar-refractivity contribution >= 4 is 17.7 Å². The predicted octanol–water partition coefficient (Wildman–Crippen LogP) is 2.45. The van der Waals surface area contributed by atoms with Crippen molar-refractivity contribution in [1.82, 2.24) is 5.32 Å². The molecule has 1 unspecified atom stereocenters. The number of carbonyl (C=O) groups excluding carboxylic acids is 1. The average Bonchev–Trinajstić information content (AvgIpc) is 2.29. The number of hydrogen-bond acceptors (Lipinski definition) is 2. The number of amides is 1. The van der Waals surface area contributed by atoms with Gasteiger partial charge < -0.3 is 5.32 Å². The van der Waals surface area contributed by atoms with Crippen LogP contribution in [0, 0.1) is 11.6 Å². The van der Waals surface area contributed by atoms with Crippen LogP contribution in [0.25, 0.3) is 0 Å². The maximum Gasteiger partial charge on any atom is 0.254 e. The SMILES string of the molecule is CSC(C)CNC(=O)c1cccc(F)c1F. The van der Waals surface area contributed by atoms with Crippen molar-refractivity contribution in [1.29, 1.82) is 0 Å². The molecule has 0 spiro atoms. The summed E-state index contributed by atoms with van der Waals surface area (Å²) in [6.45, 7) is 2.36. The van der Waals surface area contributed by atoms with E-state index in [9.17, 15) is 13.6 Å². The fourth-order valence-corrected chi connectivity index (χ4v) is 1.34. The summed E-state index contributed by atoms with van der Waals surface area (Å²) in [6.07, 6.45) is 1.92. The van der Waals surface area contributed by atoms with Crippen LogP contribution in [-0.4, -0.2) is 24.0 Å². The van der Waals surface area contributed by atoms with Gasteiger partial charge in [0, 0.05) is 11.8 Å². The van der Waals surface area contributed by atoms with Crippen molar-refractivity contribution in [3.8, 4) is 0 Å². The molecular weight excluding hydrogens is 232 g/mol. The zero-order valence-electron chi connectivity index (χ0n) is 9.09. The highest BCUT2D eigenvalue weighted by Crippen LogP contribution is 2.11. The molecule has 0 aliphatic carbocycles. The lowest BCUT2D eigenvalue weighted by Gasteiger charge is -2.10. The number of thioether (sulfide) groups is 1. The molecule has 0 aliphatic heterocycles. The van der Waals surface area contributed by atoms with Gasteiger partial charge in [0.25, 0.3) is 5.91 Å². The first-order chi connectivity index (χ1) is 7.56. The molecule has 1 N–H and O–H groups in total. The Morgan fingerprint density at radius 1 is 1.50 bits per heavy atom. The van der Waals surface area contributed by atoms with E-state index in [4.69, 9.17) is 0 Å². The summed E-state index contributed by atoms with van der Waals surface area (Å²) >= 11 is 1.59. The van der Waals surface area contributed by atoms with Crippen molar-refractivity contribution in [2.24, 2.45) is 0 Å². The van der Waals surface area contributed by atoms with E-state index in [1.165, 1.54) is 12.1 Å². The summed E-state index contributed by atoms with van der Waals surface area (Å²) in [5, 5.41) is 2.79. The molecule has 0 bridgehead atoms. The first-order valence-electron chi connectivity index (χ1n) is 4.81. The second-order valence-electron chi connectivity index (χ2n) is 3.36. The normalized spacial score (nSPS) is 12.2. The summed E-state index contributed by atoms with van der Waals surface area (Å²) in [6, 6.07) is 3.56. The number of rotatable bonds is 4. The number of halogens is 2. The van der Waals surface area contributed by atoms with Gasteiger partial charge in [-0.25, -0.2) is 8.78 Å². The van der Waals surface area contributed by atoms with E-state index in [2.05, 4.69) is 5.32 Å². The van der Waals surface area contributed by atoms with Crippen molar-refractivity contribution < 1.29 is 13.6 Å². The van der Waals surface area contributed by atoms with E-state index in [1.807, 2.05) is 13.2 Å². The van der Waals surface area contributed by atoms with Crippen molar-refractivity contribution in [2.75, 3.05) is 12.8 Å². The molecule has 1 aromatic carbocycles. The van der Waals surface area contributed by atoms with Gasteiger partial charge in [0.2, 0.25) is 0 Å². The minimum absolute atomic E-state index is 0.237. The van der Waals surface area contributed by atoms with Gasteiger partial charge in [-0.3, -0.25) is 4.79 Å². The molecule has 5 heteroatoms. The zero-order valence-corrected chi connectivity index (χ0v) is 9.91. The van der Waals surface area contributed by atoms with Crippen LogP contribution in [0.1, 0.15) is 17.3 Å². The van der Waals surface area contributed by atoms with E-state index in [1.54, 1.807) is 11.8 Å². The van der Waals surface area contributed by atoms with Crippen LogP contribution in [0.4, 0.5) is 8.78 Å². The molecule has 1 amide bonds. The third-order valence-electron chi connectivity index (χ3n) is 2.15. The smallest absolute Gasteiger partial charge is 0.254 e. The Balaban J connectivity index is 2.70. The summed E-state index contributed by atoms with van der Waals surface area (Å²) in [5.74, 6) is -2.69. The van der Waals surface area contributed by atoms with Crippen LogP contribution in [0.3, 0.4) is 0 Å². The predicted molar refractivity (Wildman–Crippen MR) is 61.7 cm³/mol. The number of carbonyl (C=O) groups is 1. The van der Waals surface area contributed by atoms with Gasteiger partial charge in [-0.05, 0) is 18.4 Å². The quantitative estimate of drug-likeness (QED) is 0.882. The molecule has 0 saturated carbocycles. The van der Waals surface area contributed by atoms with Crippen LogP contribution in [0.15, 0.2) is 18.2 Å². The molecule has 0 aromatic heterocycles. The first kappa shape index (κ1) is 13.0. The van der Waals surface area contributed by atoms with Crippen LogP contribution < -0.4 is 5.32 Å². The highest BCUT2D eigenvalue weighted by molar-refractivity contribution is 7.99. The maximum atomic E-state index is 13.2. The van der Waals surface area contributed by atoms with Gasteiger partial charge in [-0.1, -0.05) is 13.0 Å². The summed E-state index contributed by atoms with van der Waals surface area (Å²) < 4.78 is 26.1. The molecule has 0 heterocycles. The topological polar surface area (TPSA) is 29.1 Å². The molecule has 16 heavy (non-hydrogen) atoms. The van der Waals surface area contributed by atoms with Gasteiger partial charge in [0.05, 0.1) is 5.56 Å². The van der Waals surface area contributed by atoms with Crippen molar-refractivity contribution in [2.45, 2.75) is 12.2 Å². The second kappa shape index (κ2) is 5.84. The van der Waals surface area contributed by atoms with Gasteiger partial charge in [0.1, 0.15) is 0 Å². The molecule has 0 saturated heterocycles. The minimum Gasteiger partial charge on any atom is -0.351 e. The van der Waals surface area contributed by atoms with Crippen LogP contribution in [0.5, 0.6) is 0 Å². The Bertz CT molecular complexity index is 384. The van der Waals surface area contributed by atoms with Gasteiger partial charge in [-0.15, -0.1) is 0 Å². The molecule has 2 nitrogen and oxygen atoms in total. The van der Waals surface area contributed by atoms with Crippen molar-refractivity contribution in [3.05, 3.63) is 35.4 Å². The van der Waals surface area contributed by atoms with Gasteiger partial charge >= 0.3 is 0 Å². The third-order valence-corrected chi connectivity index (χ3v) is 3.12. The molecule has 0 aliphatic rings. The molecule has 1 aromatic rings. The third kappa shape index (κ3) is 3.20. The van der Waals surface area contributed by atoms with Crippen LogP contribution in [0.2, 0.25) is 0 Å². The monoisotopic (exact) mass is 245 g/mol. The molecule has 88 valence electrons. The molecule has 0 radical (unpaired) electrons. The maximum absolute atomic E-state index is 13.2. The Kier molecular flexibility index (Phi) is 4.73. The summed E-state index contributed by atoms with van der Waals surface area (Å²) in [7, 11) is 0. The summed E-state index contributed by atoms with van der Waals surface area (Å²) in [4.78, 5) is 11.5. The van der Waals surface area contributed by atoms with Crippen LogP contribution in [-0.2, 0) is 0 Å². The average molecular weight is 245 g/mol. The lowest BCUT2D eigenvalue weighted by molar-refractivity contribution is 0.0949. The Labute approximate surface area is 97.4 Å². The molecule has 1 atom stereocenters. The van der Waals surface area contributed by atoms with Gasteiger partial charge in [-0.2, -0.15) is 11.8 Å². The first-order valence-corrected chi connectivity index (χ1v) is 6.10. The number of benzene rings is 1. The summed E-state index contributed by atoms with van der Waals surface area (Å²) in [5.41, 5.74) is -0.256. The number of hydrogen-bond donors (Lipinski definition) is 1. The Morgan fingerprint density at radius 2 is 2.19 bits per heavy atom. The molecule has 1 rings (SSSR count). The largest absolute Gasteiger partial charge is 0.351 e. The zero-order chi connectivity index (χ0) is 12.1. The van der Waals surface area contributed by atoms with Gasteiger partial charge in [0.15, 0.2) is 11.6 Å². The molecular formula is C11H13F2NOS. The van der Waals surface area contributed by atoms with E-state index >= 15 is 0 Å². The van der Waals surface area contributed by atoms with E-state index in [0.717, 1.165) is 6.07 Å². The molecule has 0 fully saturated rings. The standard InChI is InChI=1S/C11H13F2NOS/c1-7(16-2)6-14-11(15)8-4-3-5-9(12)10(8)13/h3-5,7H,6H2,1-2H3,(H,14,15). The highest BCUT2D eigenvalue weighted by Gasteiger charge is 2.14. The Morgan fingerprint density at radius 3 is 2.81 bits per heavy atom. The number of nitrogens with one attached hydrogen (secondary N) is 1. The van der Waals surface area contributed by atoms with E-state index in [0.29, 0.717) is 6.54 Å². The fraction of sp³-hybridized carbons (Fsp3) is 0.364. The van der Waals surface area contributed by atoms with E-state index < -0.39 is 17.5 Å². The van der Waals surface area contributed by atoms with E-state index in [-0.39, 0.29) is 10.8 Å². The van der Waals surface area contributed by atoms with Crippen LogP contribution >= 0.6 is 11.8 Å². The Hall–Kier alpha value is -1.10. The fourth-order valence-electron chi connectivity index (χ4n) is 1.09. The lowest BCUT2D eigenvalue weighted by atomic mass is 10.2. The highest BCUT2D eigenvalue weighted by atomic mass is 32.2. The second-order valence-corrected chi connectivity index (χ2v) is 4.63.